The second kappa shape index (κ2) is 7.79. The molecule has 0 aliphatic rings. The van der Waals surface area contributed by atoms with Crippen molar-refractivity contribution in [3.05, 3.63) is 107 Å². The quantitative estimate of drug-likeness (QED) is 0.484. The van der Waals surface area contributed by atoms with E-state index in [1.165, 1.54) is 10.6 Å². The van der Waals surface area contributed by atoms with Gasteiger partial charge in [0.2, 0.25) is 5.76 Å². The van der Waals surface area contributed by atoms with Crippen molar-refractivity contribution in [2.75, 3.05) is 0 Å². The summed E-state index contributed by atoms with van der Waals surface area (Å²) in [5, 5.41) is 4.27. The number of ether oxygens (including phenoxy) is 1. The number of furan rings is 1. The van der Waals surface area contributed by atoms with E-state index in [0.29, 0.717) is 5.76 Å². The molecule has 140 valence electrons. The van der Waals surface area contributed by atoms with Gasteiger partial charge in [0.25, 0.3) is 5.56 Å². The van der Waals surface area contributed by atoms with Crippen LogP contribution in [-0.4, -0.2) is 20.3 Å². The third kappa shape index (κ3) is 3.93. The molecule has 0 radical (unpaired) electrons. The lowest BCUT2D eigenvalue weighted by atomic mass is 10.3. The first kappa shape index (κ1) is 17.5. The fourth-order valence-corrected chi connectivity index (χ4v) is 2.71. The predicted molar refractivity (Wildman–Crippen MR) is 101 cm³/mol. The molecule has 0 saturated carbocycles. The van der Waals surface area contributed by atoms with Gasteiger partial charge >= 0.3 is 5.97 Å². The van der Waals surface area contributed by atoms with Crippen LogP contribution in [0.2, 0.25) is 0 Å². The highest BCUT2D eigenvalue weighted by Gasteiger charge is 2.14. The van der Waals surface area contributed by atoms with Crippen molar-refractivity contribution in [3.63, 3.8) is 0 Å². The molecule has 0 unspecified atom stereocenters. The third-order valence-corrected chi connectivity index (χ3v) is 4.11. The van der Waals surface area contributed by atoms with Crippen LogP contribution in [0.15, 0.2) is 88.5 Å². The minimum absolute atomic E-state index is 0.0832. The number of nitrogens with zero attached hydrogens (tertiary/aromatic N) is 3. The highest BCUT2D eigenvalue weighted by atomic mass is 16.5. The Morgan fingerprint density at radius 3 is 2.68 bits per heavy atom. The smallest absolute Gasteiger partial charge is 0.374 e. The van der Waals surface area contributed by atoms with E-state index in [4.69, 9.17) is 9.15 Å². The van der Waals surface area contributed by atoms with Crippen LogP contribution in [0.25, 0.3) is 5.69 Å². The highest BCUT2D eigenvalue weighted by molar-refractivity contribution is 5.86. The van der Waals surface area contributed by atoms with Crippen molar-refractivity contribution in [3.8, 4) is 5.69 Å². The molecule has 4 aromatic rings. The molecule has 0 atom stereocenters. The van der Waals surface area contributed by atoms with E-state index in [9.17, 15) is 9.59 Å². The van der Waals surface area contributed by atoms with Gasteiger partial charge in [-0.25, -0.2) is 9.48 Å². The van der Waals surface area contributed by atoms with Crippen LogP contribution in [0, 0.1) is 0 Å². The van der Waals surface area contributed by atoms with Crippen LogP contribution in [0.5, 0.6) is 0 Å². The van der Waals surface area contributed by atoms with Gasteiger partial charge in [0, 0.05) is 24.0 Å². The molecular formula is C21H17N3O4. The topological polar surface area (TPSA) is 79.3 Å². The Balaban J connectivity index is 1.37. The van der Waals surface area contributed by atoms with Gasteiger partial charge in [-0.05, 0) is 30.3 Å². The Morgan fingerprint density at radius 1 is 1.04 bits per heavy atom. The zero-order chi connectivity index (χ0) is 19.3. The van der Waals surface area contributed by atoms with Crippen LogP contribution in [0.1, 0.15) is 21.9 Å². The highest BCUT2D eigenvalue weighted by Crippen LogP contribution is 2.13. The van der Waals surface area contributed by atoms with Crippen LogP contribution in [-0.2, 0) is 17.9 Å². The average molecular weight is 375 g/mol. The summed E-state index contributed by atoms with van der Waals surface area (Å²) >= 11 is 0. The van der Waals surface area contributed by atoms with Gasteiger partial charge in [-0.15, -0.1) is 0 Å². The fraction of sp³-hybridized carbons (Fsp3) is 0.0952. The van der Waals surface area contributed by atoms with Crippen LogP contribution < -0.4 is 5.56 Å². The van der Waals surface area contributed by atoms with E-state index in [1.807, 2.05) is 30.3 Å². The lowest BCUT2D eigenvalue weighted by Gasteiger charge is -2.02. The van der Waals surface area contributed by atoms with E-state index in [2.05, 4.69) is 5.10 Å². The average Bonchev–Trinajstić information content (AvgIpc) is 3.38. The first-order valence-corrected chi connectivity index (χ1v) is 8.69. The fourth-order valence-electron chi connectivity index (χ4n) is 2.71. The summed E-state index contributed by atoms with van der Waals surface area (Å²) in [6.45, 7) is 0.330. The Hall–Kier alpha value is -3.87. The number of para-hydroxylation sites is 1. The maximum absolute atomic E-state index is 12.2. The molecule has 3 heterocycles. The lowest BCUT2D eigenvalue weighted by Crippen LogP contribution is -2.17. The summed E-state index contributed by atoms with van der Waals surface area (Å²) in [5.74, 6) is 0.0192. The molecule has 7 heteroatoms. The standard InChI is InChI=1S/C21H17N3O4/c25-20-8-4-5-11-23(20)14-18-9-10-19(28-18)21(26)27-15-16-12-22-24(13-16)17-6-2-1-3-7-17/h1-13H,14-15H2. The molecule has 3 aromatic heterocycles. The van der Waals surface area contributed by atoms with E-state index < -0.39 is 5.97 Å². The first-order chi connectivity index (χ1) is 13.7. The number of aromatic nitrogens is 3. The number of esters is 1. The van der Waals surface area contributed by atoms with Crippen molar-refractivity contribution < 1.29 is 13.9 Å². The van der Waals surface area contributed by atoms with Crippen molar-refractivity contribution in [2.24, 2.45) is 0 Å². The number of hydrogen-bond donors (Lipinski definition) is 0. The van der Waals surface area contributed by atoms with Gasteiger partial charge in [-0.2, -0.15) is 5.10 Å². The number of benzene rings is 1. The molecule has 0 amide bonds. The van der Waals surface area contributed by atoms with E-state index in [0.717, 1.165) is 11.3 Å². The second-order valence-corrected chi connectivity index (χ2v) is 6.14. The minimum Gasteiger partial charge on any atom is -0.455 e. The van der Waals surface area contributed by atoms with Crippen molar-refractivity contribution in [1.29, 1.82) is 0 Å². The SMILES string of the molecule is O=C(OCc1cnn(-c2ccccc2)c1)c1ccc(Cn2ccccc2=O)o1. The summed E-state index contributed by atoms with van der Waals surface area (Å²) < 4.78 is 14.0. The summed E-state index contributed by atoms with van der Waals surface area (Å²) in [6, 6.07) is 17.7. The monoisotopic (exact) mass is 375 g/mol. The zero-order valence-electron chi connectivity index (χ0n) is 14.9. The second-order valence-electron chi connectivity index (χ2n) is 6.14. The number of pyridine rings is 1. The summed E-state index contributed by atoms with van der Waals surface area (Å²) in [6.07, 6.45) is 5.11. The number of hydrogen-bond acceptors (Lipinski definition) is 5. The molecule has 0 aliphatic heterocycles. The number of carbonyl (C=O) groups excluding carboxylic acids is 1. The van der Waals surface area contributed by atoms with Crippen LogP contribution in [0.3, 0.4) is 0 Å². The van der Waals surface area contributed by atoms with Gasteiger partial charge < -0.3 is 13.7 Å². The molecule has 0 aliphatic carbocycles. The van der Waals surface area contributed by atoms with Gasteiger partial charge in [-0.1, -0.05) is 24.3 Å². The third-order valence-electron chi connectivity index (χ3n) is 4.11. The maximum Gasteiger partial charge on any atom is 0.374 e. The first-order valence-electron chi connectivity index (χ1n) is 8.69. The molecule has 1 aromatic carbocycles. The predicted octanol–water partition coefficient (Wildman–Crippen LogP) is 3.03. The van der Waals surface area contributed by atoms with Crippen molar-refractivity contribution in [1.82, 2.24) is 14.3 Å². The van der Waals surface area contributed by atoms with Gasteiger partial charge in [-0.3, -0.25) is 4.79 Å². The van der Waals surface area contributed by atoms with E-state index in [-0.39, 0.29) is 24.5 Å². The Morgan fingerprint density at radius 2 is 1.86 bits per heavy atom. The minimum atomic E-state index is -0.570. The zero-order valence-corrected chi connectivity index (χ0v) is 14.9. The van der Waals surface area contributed by atoms with Gasteiger partial charge in [0.1, 0.15) is 12.4 Å². The molecule has 0 saturated heterocycles. The molecule has 4 rings (SSSR count). The Kier molecular flexibility index (Phi) is 4.88. The summed E-state index contributed by atoms with van der Waals surface area (Å²) in [5.41, 5.74) is 1.55. The maximum atomic E-state index is 12.2. The number of rotatable bonds is 6. The summed E-state index contributed by atoms with van der Waals surface area (Å²) in [4.78, 5) is 24.0. The Bertz CT molecular complexity index is 1140. The molecule has 0 N–H and O–H groups in total. The lowest BCUT2D eigenvalue weighted by molar-refractivity contribution is 0.0434. The van der Waals surface area contributed by atoms with E-state index >= 15 is 0 Å². The Labute approximate surface area is 160 Å². The molecule has 7 nitrogen and oxygen atoms in total. The van der Waals surface area contributed by atoms with E-state index in [1.54, 1.807) is 47.5 Å². The van der Waals surface area contributed by atoms with Crippen molar-refractivity contribution in [2.45, 2.75) is 13.2 Å². The number of carbonyl (C=O) groups is 1. The summed E-state index contributed by atoms with van der Waals surface area (Å²) in [7, 11) is 0. The normalized spacial score (nSPS) is 10.7. The van der Waals surface area contributed by atoms with Gasteiger partial charge in [0.05, 0.1) is 18.4 Å². The van der Waals surface area contributed by atoms with Crippen molar-refractivity contribution >= 4 is 5.97 Å². The van der Waals surface area contributed by atoms with Crippen LogP contribution >= 0.6 is 0 Å². The molecule has 0 bridgehead atoms. The largest absolute Gasteiger partial charge is 0.455 e. The molecule has 28 heavy (non-hydrogen) atoms. The molecule has 0 spiro atoms. The van der Waals surface area contributed by atoms with Gasteiger partial charge in [0.15, 0.2) is 0 Å². The molecular weight excluding hydrogens is 358 g/mol. The van der Waals surface area contributed by atoms with Crippen LogP contribution in [0.4, 0.5) is 0 Å². The molecule has 0 fully saturated rings.